The maximum atomic E-state index is 11.1. The Kier molecular flexibility index (Phi) is 2.76. The first-order chi connectivity index (χ1) is 7.56. The lowest BCUT2D eigenvalue weighted by Gasteiger charge is -2.08. The summed E-state index contributed by atoms with van der Waals surface area (Å²) >= 11 is 1.09. The second kappa shape index (κ2) is 4.07. The van der Waals surface area contributed by atoms with Crippen molar-refractivity contribution >= 4 is 27.5 Å². The Bertz CT molecular complexity index is 587. The molecule has 0 saturated heterocycles. The van der Waals surface area contributed by atoms with Gasteiger partial charge in [0, 0.05) is 6.04 Å². The van der Waals surface area contributed by atoms with E-state index < -0.39 is 12.0 Å². The number of carbonyl (C=O) groups is 1. The molecule has 84 valence electrons. The molecule has 0 bridgehead atoms. The second-order valence-corrected chi connectivity index (χ2v) is 4.49. The van der Waals surface area contributed by atoms with Gasteiger partial charge in [-0.05, 0) is 17.7 Å². The summed E-state index contributed by atoms with van der Waals surface area (Å²) in [6, 6.07) is 4.69. The Hall–Kier alpha value is -1.66. The Labute approximate surface area is 94.5 Å². The van der Waals surface area contributed by atoms with Crippen LogP contribution in [0.1, 0.15) is 18.0 Å². The SMILES string of the molecule is NC(CC(=O)O)c1ccc2[nH]c(=O)sc2c1. The van der Waals surface area contributed by atoms with Gasteiger partial charge in [-0.3, -0.25) is 9.59 Å². The van der Waals surface area contributed by atoms with Crippen LogP contribution in [0, 0.1) is 0 Å². The van der Waals surface area contributed by atoms with E-state index in [-0.39, 0.29) is 11.3 Å². The summed E-state index contributed by atoms with van der Waals surface area (Å²) in [5.74, 6) is -0.935. The molecule has 1 heterocycles. The molecule has 1 atom stereocenters. The van der Waals surface area contributed by atoms with E-state index in [1.54, 1.807) is 18.2 Å². The topological polar surface area (TPSA) is 96.2 Å². The van der Waals surface area contributed by atoms with Crippen molar-refractivity contribution in [2.24, 2.45) is 5.73 Å². The molecule has 1 aromatic heterocycles. The first kappa shape index (κ1) is 10.8. The standard InChI is InChI=1S/C10H10N2O3S/c11-6(4-9(13)14)5-1-2-7-8(3-5)16-10(15)12-7/h1-3,6H,4,11H2,(H,12,15)(H,13,14). The van der Waals surface area contributed by atoms with E-state index in [4.69, 9.17) is 10.8 Å². The fourth-order valence-corrected chi connectivity index (χ4v) is 2.28. The highest BCUT2D eigenvalue weighted by Gasteiger charge is 2.11. The van der Waals surface area contributed by atoms with Gasteiger partial charge in [0.2, 0.25) is 0 Å². The van der Waals surface area contributed by atoms with Crippen LogP contribution in [0.4, 0.5) is 0 Å². The molecule has 0 aliphatic rings. The smallest absolute Gasteiger partial charge is 0.305 e. The lowest BCUT2D eigenvalue weighted by molar-refractivity contribution is -0.137. The zero-order chi connectivity index (χ0) is 11.7. The predicted molar refractivity (Wildman–Crippen MR) is 61.6 cm³/mol. The first-order valence-electron chi connectivity index (χ1n) is 4.66. The van der Waals surface area contributed by atoms with E-state index in [0.717, 1.165) is 27.1 Å². The van der Waals surface area contributed by atoms with Gasteiger partial charge >= 0.3 is 10.8 Å². The van der Waals surface area contributed by atoms with Crippen molar-refractivity contribution in [3.05, 3.63) is 33.4 Å². The number of aliphatic carboxylic acids is 1. The highest BCUT2D eigenvalue weighted by Crippen LogP contribution is 2.21. The minimum Gasteiger partial charge on any atom is -0.481 e. The fourth-order valence-electron chi connectivity index (χ4n) is 1.50. The van der Waals surface area contributed by atoms with E-state index in [9.17, 15) is 9.59 Å². The maximum absolute atomic E-state index is 11.1. The number of aromatic amines is 1. The summed E-state index contributed by atoms with van der Waals surface area (Å²) in [5, 5.41) is 8.63. The van der Waals surface area contributed by atoms with E-state index in [0.29, 0.717) is 0 Å². The van der Waals surface area contributed by atoms with Crippen LogP contribution < -0.4 is 10.6 Å². The highest BCUT2D eigenvalue weighted by atomic mass is 32.1. The number of carboxylic acids is 1. The molecule has 2 aromatic rings. The van der Waals surface area contributed by atoms with Crippen molar-refractivity contribution in [2.45, 2.75) is 12.5 Å². The van der Waals surface area contributed by atoms with Gasteiger partial charge in [0.15, 0.2) is 0 Å². The van der Waals surface area contributed by atoms with Crippen LogP contribution in [0.15, 0.2) is 23.0 Å². The molecule has 0 amide bonds. The zero-order valence-corrected chi connectivity index (χ0v) is 9.08. The number of fused-ring (bicyclic) bond motifs is 1. The first-order valence-corrected chi connectivity index (χ1v) is 5.48. The van der Waals surface area contributed by atoms with Crippen molar-refractivity contribution in [3.63, 3.8) is 0 Å². The van der Waals surface area contributed by atoms with Crippen LogP contribution in [0.5, 0.6) is 0 Å². The molecule has 0 spiro atoms. The zero-order valence-electron chi connectivity index (χ0n) is 8.27. The molecule has 0 aliphatic carbocycles. The number of aromatic nitrogens is 1. The molecule has 5 nitrogen and oxygen atoms in total. The molecule has 0 radical (unpaired) electrons. The van der Waals surface area contributed by atoms with Gasteiger partial charge in [0.25, 0.3) is 0 Å². The van der Waals surface area contributed by atoms with E-state index >= 15 is 0 Å². The number of H-pyrrole nitrogens is 1. The molecular formula is C10H10N2O3S. The summed E-state index contributed by atoms with van der Waals surface area (Å²) < 4.78 is 0.795. The normalized spacial score (nSPS) is 12.8. The Morgan fingerprint density at radius 3 is 3.00 bits per heavy atom. The third-order valence-electron chi connectivity index (χ3n) is 2.27. The minimum atomic E-state index is -0.935. The lowest BCUT2D eigenvalue weighted by Crippen LogP contribution is -2.14. The average molecular weight is 238 g/mol. The van der Waals surface area contributed by atoms with E-state index in [1.807, 2.05) is 0 Å². The molecule has 0 aliphatic heterocycles. The number of thiazole rings is 1. The van der Waals surface area contributed by atoms with Gasteiger partial charge < -0.3 is 15.8 Å². The van der Waals surface area contributed by atoms with Crippen LogP contribution in [0.25, 0.3) is 10.2 Å². The minimum absolute atomic E-state index is 0.120. The van der Waals surface area contributed by atoms with Crippen LogP contribution >= 0.6 is 11.3 Å². The summed E-state index contributed by atoms with van der Waals surface area (Å²) in [7, 11) is 0. The number of nitrogens with two attached hydrogens (primary N) is 1. The quantitative estimate of drug-likeness (QED) is 0.745. The molecular weight excluding hydrogens is 228 g/mol. The monoisotopic (exact) mass is 238 g/mol. The Morgan fingerprint density at radius 2 is 2.31 bits per heavy atom. The van der Waals surface area contributed by atoms with Crippen molar-refractivity contribution in [2.75, 3.05) is 0 Å². The third kappa shape index (κ3) is 2.12. The maximum Gasteiger partial charge on any atom is 0.305 e. The van der Waals surface area contributed by atoms with Gasteiger partial charge in [0.1, 0.15) is 0 Å². The van der Waals surface area contributed by atoms with Crippen LogP contribution in [-0.2, 0) is 4.79 Å². The summed E-state index contributed by atoms with van der Waals surface area (Å²) in [6.07, 6.45) is -0.120. The Balaban J connectivity index is 2.38. The lowest BCUT2D eigenvalue weighted by atomic mass is 10.0. The van der Waals surface area contributed by atoms with Crippen molar-refractivity contribution in [3.8, 4) is 0 Å². The van der Waals surface area contributed by atoms with Crippen LogP contribution in [0.2, 0.25) is 0 Å². The predicted octanol–water partition coefficient (Wildman–Crippen LogP) is 1.06. The molecule has 16 heavy (non-hydrogen) atoms. The number of hydrogen-bond donors (Lipinski definition) is 3. The second-order valence-electron chi connectivity index (χ2n) is 3.47. The van der Waals surface area contributed by atoms with E-state index in [2.05, 4.69) is 4.98 Å². The fraction of sp³-hybridized carbons (Fsp3) is 0.200. The Morgan fingerprint density at radius 1 is 1.56 bits per heavy atom. The largest absolute Gasteiger partial charge is 0.481 e. The number of nitrogens with one attached hydrogen (secondary N) is 1. The van der Waals surface area contributed by atoms with Crippen LogP contribution in [0.3, 0.4) is 0 Å². The molecule has 6 heteroatoms. The van der Waals surface area contributed by atoms with Crippen molar-refractivity contribution < 1.29 is 9.90 Å². The number of rotatable bonds is 3. The summed E-state index contributed by atoms with van der Waals surface area (Å²) in [4.78, 5) is 24.1. The average Bonchev–Trinajstić information content (AvgIpc) is 2.55. The van der Waals surface area contributed by atoms with Gasteiger partial charge in [-0.1, -0.05) is 17.4 Å². The van der Waals surface area contributed by atoms with E-state index in [1.165, 1.54) is 0 Å². The molecule has 4 N–H and O–H groups in total. The van der Waals surface area contributed by atoms with Gasteiger partial charge in [-0.15, -0.1) is 0 Å². The van der Waals surface area contributed by atoms with Gasteiger partial charge in [0.05, 0.1) is 16.6 Å². The highest BCUT2D eigenvalue weighted by molar-refractivity contribution is 7.16. The summed E-state index contributed by atoms with van der Waals surface area (Å²) in [6.45, 7) is 0. The number of carboxylic acid groups (broad SMARTS) is 1. The van der Waals surface area contributed by atoms with Crippen LogP contribution in [-0.4, -0.2) is 16.1 Å². The summed E-state index contributed by atoms with van der Waals surface area (Å²) in [5.41, 5.74) is 7.21. The van der Waals surface area contributed by atoms with Crippen molar-refractivity contribution in [1.29, 1.82) is 0 Å². The molecule has 1 unspecified atom stereocenters. The molecule has 1 aromatic carbocycles. The third-order valence-corrected chi connectivity index (χ3v) is 3.11. The molecule has 0 fully saturated rings. The number of benzene rings is 1. The van der Waals surface area contributed by atoms with Gasteiger partial charge in [-0.25, -0.2) is 0 Å². The van der Waals surface area contributed by atoms with Gasteiger partial charge in [-0.2, -0.15) is 0 Å². The van der Waals surface area contributed by atoms with Crippen molar-refractivity contribution in [1.82, 2.24) is 4.98 Å². The number of hydrogen-bond acceptors (Lipinski definition) is 4. The molecule has 0 saturated carbocycles. The molecule has 2 rings (SSSR count).